The van der Waals surface area contributed by atoms with Crippen LogP contribution < -0.4 is 4.74 Å². The SMILES string of the molecule is CCN(CC)CCCC(C)N(Cc1ccc(OCc2ccccc2)cc1)C(=O)c1cccc2ccccc12. The predicted molar refractivity (Wildman–Crippen MR) is 158 cm³/mol. The molecule has 0 bridgehead atoms. The van der Waals surface area contributed by atoms with Gasteiger partial charge < -0.3 is 14.5 Å². The van der Waals surface area contributed by atoms with E-state index in [2.05, 4.69) is 62.1 Å². The van der Waals surface area contributed by atoms with Crippen LogP contribution in [0.4, 0.5) is 0 Å². The van der Waals surface area contributed by atoms with Crippen molar-refractivity contribution in [3.05, 3.63) is 114 Å². The molecule has 4 rings (SSSR count). The zero-order chi connectivity index (χ0) is 26.7. The molecule has 4 aromatic carbocycles. The predicted octanol–water partition coefficient (Wildman–Crippen LogP) is 7.57. The summed E-state index contributed by atoms with van der Waals surface area (Å²) in [6.45, 7) is 10.9. The van der Waals surface area contributed by atoms with E-state index in [1.54, 1.807) is 0 Å². The maximum Gasteiger partial charge on any atom is 0.255 e. The first kappa shape index (κ1) is 27.4. The molecule has 0 saturated carbocycles. The Morgan fingerprint density at radius 1 is 0.789 bits per heavy atom. The Labute approximate surface area is 227 Å². The summed E-state index contributed by atoms with van der Waals surface area (Å²) in [6, 6.07) is 32.6. The van der Waals surface area contributed by atoms with Gasteiger partial charge in [0, 0.05) is 18.2 Å². The first-order chi connectivity index (χ1) is 18.6. The fourth-order valence-electron chi connectivity index (χ4n) is 4.93. The second-order valence-electron chi connectivity index (χ2n) is 9.90. The number of carbonyl (C=O) groups excluding carboxylic acids is 1. The van der Waals surface area contributed by atoms with Gasteiger partial charge in [0.15, 0.2) is 0 Å². The summed E-state index contributed by atoms with van der Waals surface area (Å²) in [5.74, 6) is 0.915. The molecule has 0 saturated heterocycles. The van der Waals surface area contributed by atoms with E-state index in [-0.39, 0.29) is 11.9 Å². The van der Waals surface area contributed by atoms with Crippen LogP contribution in [0.2, 0.25) is 0 Å². The van der Waals surface area contributed by atoms with Crippen molar-refractivity contribution in [2.24, 2.45) is 0 Å². The van der Waals surface area contributed by atoms with Gasteiger partial charge in [-0.05, 0) is 79.5 Å². The number of benzene rings is 4. The number of amides is 1. The average molecular weight is 509 g/mol. The summed E-state index contributed by atoms with van der Waals surface area (Å²) in [5, 5.41) is 2.09. The second-order valence-corrected chi connectivity index (χ2v) is 9.90. The third kappa shape index (κ3) is 7.23. The molecule has 4 nitrogen and oxygen atoms in total. The fraction of sp³-hybridized carbons (Fsp3) is 0.324. The van der Waals surface area contributed by atoms with Gasteiger partial charge in [0.05, 0.1) is 0 Å². The summed E-state index contributed by atoms with van der Waals surface area (Å²) >= 11 is 0. The Bertz CT molecular complexity index is 1280. The molecule has 38 heavy (non-hydrogen) atoms. The molecule has 0 spiro atoms. The average Bonchev–Trinajstić information content (AvgIpc) is 2.97. The van der Waals surface area contributed by atoms with Crippen LogP contribution in [0, 0.1) is 0 Å². The molecule has 1 atom stereocenters. The first-order valence-corrected chi connectivity index (χ1v) is 13.9. The van der Waals surface area contributed by atoms with Crippen LogP contribution in [0.15, 0.2) is 97.1 Å². The number of carbonyl (C=O) groups is 1. The Hall–Kier alpha value is -3.63. The van der Waals surface area contributed by atoms with Crippen molar-refractivity contribution in [3.8, 4) is 5.75 Å². The normalized spacial score (nSPS) is 12.0. The lowest BCUT2D eigenvalue weighted by atomic mass is 10.0. The third-order valence-corrected chi connectivity index (χ3v) is 7.33. The molecule has 0 aliphatic rings. The van der Waals surface area contributed by atoms with Gasteiger partial charge in [0.2, 0.25) is 0 Å². The molecule has 4 heteroatoms. The summed E-state index contributed by atoms with van der Waals surface area (Å²) in [7, 11) is 0. The molecule has 0 fully saturated rings. The van der Waals surface area contributed by atoms with Crippen molar-refractivity contribution in [1.29, 1.82) is 0 Å². The van der Waals surface area contributed by atoms with Crippen LogP contribution in [0.1, 0.15) is 55.1 Å². The standard InChI is InChI=1S/C34H40N2O2/c1-4-35(5-2)24-12-13-27(3)36(34(37)33-19-11-17-30-16-9-10-18-32(30)33)25-28-20-22-31(23-21-28)38-26-29-14-7-6-8-15-29/h6-11,14-23,27H,4-5,12-13,24-26H2,1-3H3. The molecule has 198 valence electrons. The summed E-state index contributed by atoms with van der Waals surface area (Å²) in [6.07, 6.45) is 2.03. The van der Waals surface area contributed by atoms with Crippen molar-refractivity contribution in [2.45, 2.75) is 52.8 Å². The fourth-order valence-corrected chi connectivity index (χ4v) is 4.93. The van der Waals surface area contributed by atoms with Crippen molar-refractivity contribution in [1.82, 2.24) is 9.80 Å². The highest BCUT2D eigenvalue weighted by atomic mass is 16.5. The van der Waals surface area contributed by atoms with Crippen LogP contribution in [0.3, 0.4) is 0 Å². The van der Waals surface area contributed by atoms with E-state index < -0.39 is 0 Å². The number of rotatable bonds is 13. The minimum atomic E-state index is 0.0848. The molecular formula is C34H40N2O2. The van der Waals surface area contributed by atoms with E-state index in [9.17, 15) is 4.79 Å². The minimum Gasteiger partial charge on any atom is -0.489 e. The Morgan fingerprint density at radius 3 is 2.21 bits per heavy atom. The van der Waals surface area contributed by atoms with E-state index in [1.165, 1.54) is 0 Å². The monoisotopic (exact) mass is 508 g/mol. The van der Waals surface area contributed by atoms with E-state index in [0.717, 1.165) is 65.7 Å². The van der Waals surface area contributed by atoms with Gasteiger partial charge in [-0.15, -0.1) is 0 Å². The van der Waals surface area contributed by atoms with Crippen molar-refractivity contribution in [3.63, 3.8) is 0 Å². The molecule has 1 amide bonds. The van der Waals surface area contributed by atoms with Gasteiger partial charge in [0.1, 0.15) is 12.4 Å². The Balaban J connectivity index is 1.51. The van der Waals surface area contributed by atoms with E-state index >= 15 is 0 Å². The molecule has 0 aromatic heterocycles. The topological polar surface area (TPSA) is 32.8 Å². The second kappa shape index (κ2) is 13.8. The third-order valence-electron chi connectivity index (χ3n) is 7.33. The lowest BCUT2D eigenvalue weighted by Crippen LogP contribution is -2.38. The molecule has 0 heterocycles. The Kier molecular flexibility index (Phi) is 9.94. The van der Waals surface area contributed by atoms with Gasteiger partial charge in [-0.3, -0.25) is 4.79 Å². The van der Waals surface area contributed by atoms with E-state index in [1.807, 2.05) is 65.6 Å². The van der Waals surface area contributed by atoms with Crippen molar-refractivity contribution in [2.75, 3.05) is 19.6 Å². The van der Waals surface area contributed by atoms with Crippen LogP contribution >= 0.6 is 0 Å². The molecule has 0 radical (unpaired) electrons. The zero-order valence-corrected chi connectivity index (χ0v) is 23.0. The van der Waals surface area contributed by atoms with E-state index in [4.69, 9.17) is 4.74 Å². The summed E-state index contributed by atoms with van der Waals surface area (Å²) < 4.78 is 5.98. The number of fused-ring (bicyclic) bond motifs is 1. The van der Waals surface area contributed by atoms with Crippen molar-refractivity contribution < 1.29 is 9.53 Å². The van der Waals surface area contributed by atoms with E-state index in [0.29, 0.717) is 13.2 Å². The van der Waals surface area contributed by atoms with Crippen LogP contribution in [-0.2, 0) is 13.2 Å². The van der Waals surface area contributed by atoms with Crippen LogP contribution in [0.5, 0.6) is 5.75 Å². The van der Waals surface area contributed by atoms with Crippen LogP contribution in [-0.4, -0.2) is 41.4 Å². The highest BCUT2D eigenvalue weighted by Gasteiger charge is 2.23. The molecule has 0 aliphatic carbocycles. The zero-order valence-electron chi connectivity index (χ0n) is 23.0. The maximum absolute atomic E-state index is 14.0. The lowest BCUT2D eigenvalue weighted by Gasteiger charge is -2.31. The molecule has 4 aromatic rings. The largest absolute Gasteiger partial charge is 0.489 e. The van der Waals surface area contributed by atoms with Gasteiger partial charge in [0.25, 0.3) is 5.91 Å². The molecule has 0 N–H and O–H groups in total. The van der Waals surface area contributed by atoms with Gasteiger partial charge in [-0.1, -0.05) is 92.7 Å². The van der Waals surface area contributed by atoms with Gasteiger partial charge in [-0.2, -0.15) is 0 Å². The molecule has 0 aliphatic heterocycles. The molecular weight excluding hydrogens is 468 g/mol. The Morgan fingerprint density at radius 2 is 1.47 bits per heavy atom. The smallest absolute Gasteiger partial charge is 0.255 e. The number of ether oxygens (including phenoxy) is 1. The highest BCUT2D eigenvalue weighted by Crippen LogP contribution is 2.24. The number of hydrogen-bond acceptors (Lipinski definition) is 3. The van der Waals surface area contributed by atoms with Gasteiger partial charge in [-0.25, -0.2) is 0 Å². The summed E-state index contributed by atoms with van der Waals surface area (Å²) in [4.78, 5) is 18.5. The number of nitrogens with zero attached hydrogens (tertiary/aromatic N) is 2. The highest BCUT2D eigenvalue weighted by molar-refractivity contribution is 6.07. The van der Waals surface area contributed by atoms with Crippen LogP contribution in [0.25, 0.3) is 10.8 Å². The first-order valence-electron chi connectivity index (χ1n) is 13.9. The number of hydrogen-bond donors (Lipinski definition) is 0. The summed E-state index contributed by atoms with van der Waals surface area (Å²) in [5.41, 5.74) is 3.00. The quantitative estimate of drug-likeness (QED) is 0.187. The molecule has 1 unspecified atom stereocenters. The maximum atomic E-state index is 14.0. The minimum absolute atomic E-state index is 0.0848. The lowest BCUT2D eigenvalue weighted by molar-refractivity contribution is 0.0664. The van der Waals surface area contributed by atoms with Crippen molar-refractivity contribution >= 4 is 16.7 Å². The van der Waals surface area contributed by atoms with Gasteiger partial charge >= 0.3 is 0 Å².